The van der Waals surface area contributed by atoms with Crippen LogP contribution in [0, 0.1) is 0 Å². The number of aryl methyl sites for hydroxylation is 1. The van der Waals surface area contributed by atoms with Crippen LogP contribution in [-0.2, 0) is 46.9 Å². The zero-order chi connectivity index (χ0) is 21.8. The number of rotatable bonds is 4. The van der Waals surface area contributed by atoms with E-state index in [4.69, 9.17) is 14.6 Å². The van der Waals surface area contributed by atoms with Gasteiger partial charge in [0.25, 0.3) is 0 Å². The second kappa shape index (κ2) is 7.57. The van der Waals surface area contributed by atoms with Crippen molar-refractivity contribution in [2.45, 2.75) is 55.8 Å². The predicted molar refractivity (Wildman–Crippen MR) is 111 cm³/mol. The lowest BCUT2D eigenvalue weighted by Crippen LogP contribution is -2.22. The molecule has 0 radical (unpaired) electrons. The predicted octanol–water partition coefficient (Wildman–Crippen LogP) is 2.15. The molecule has 1 unspecified atom stereocenters. The Kier molecular flexibility index (Phi) is 4.98. The number of halogens is 1. The van der Waals surface area contributed by atoms with Crippen molar-refractivity contribution in [2.24, 2.45) is 9.50 Å². The SMILES string of the molecule is COC[C@H]1Cn2ncc(S(N)(=O)=NC(=O)Nc3c4c(cc5c3C[C@H](F)C5)CCC4)c2O1. The number of amides is 2. The van der Waals surface area contributed by atoms with E-state index in [1.807, 2.05) is 0 Å². The number of carbonyl (C=O) groups is 1. The lowest BCUT2D eigenvalue weighted by atomic mass is 9.99. The normalized spacial score (nSPS) is 22.9. The topological polar surface area (TPSA) is 121 Å². The molecule has 1 aromatic heterocycles. The number of nitrogens with one attached hydrogen (secondary N) is 1. The summed E-state index contributed by atoms with van der Waals surface area (Å²) in [5.74, 6) is 0.230. The van der Waals surface area contributed by atoms with Gasteiger partial charge < -0.3 is 14.8 Å². The molecule has 31 heavy (non-hydrogen) atoms. The van der Waals surface area contributed by atoms with Crippen LogP contribution in [-0.4, -0.2) is 46.0 Å². The quantitative estimate of drug-likeness (QED) is 0.741. The number of aromatic nitrogens is 2. The first-order valence-corrected chi connectivity index (χ1v) is 11.8. The summed E-state index contributed by atoms with van der Waals surface area (Å²) in [5.41, 5.74) is 4.47. The fraction of sp³-hybridized carbons (Fsp3) is 0.500. The first-order chi connectivity index (χ1) is 14.9. The van der Waals surface area contributed by atoms with E-state index in [0.717, 1.165) is 41.5 Å². The molecule has 0 saturated carbocycles. The second-order valence-electron chi connectivity index (χ2n) is 8.17. The molecule has 3 N–H and O–H groups in total. The molecule has 5 rings (SSSR count). The van der Waals surface area contributed by atoms with E-state index in [-0.39, 0.29) is 23.3 Å². The molecule has 2 amide bonds. The van der Waals surface area contributed by atoms with Gasteiger partial charge in [-0.1, -0.05) is 6.07 Å². The smallest absolute Gasteiger partial charge is 0.354 e. The average Bonchev–Trinajstić information content (AvgIpc) is 3.43. The highest BCUT2D eigenvalue weighted by molar-refractivity contribution is 7.91. The Morgan fingerprint density at radius 1 is 1.42 bits per heavy atom. The number of hydrogen-bond donors (Lipinski definition) is 2. The van der Waals surface area contributed by atoms with Crippen molar-refractivity contribution in [3.63, 3.8) is 0 Å². The molecule has 2 heterocycles. The Morgan fingerprint density at radius 2 is 2.26 bits per heavy atom. The maximum absolute atomic E-state index is 14.1. The highest BCUT2D eigenvalue weighted by Crippen LogP contribution is 2.39. The first-order valence-electron chi connectivity index (χ1n) is 10.2. The molecule has 0 bridgehead atoms. The summed E-state index contributed by atoms with van der Waals surface area (Å²) in [6, 6.07) is 1.23. The summed E-state index contributed by atoms with van der Waals surface area (Å²) in [7, 11) is -2.04. The molecule has 2 aliphatic carbocycles. The zero-order valence-electron chi connectivity index (χ0n) is 17.1. The molecular weight excluding hydrogens is 425 g/mol. The van der Waals surface area contributed by atoms with Crippen LogP contribution in [0.3, 0.4) is 0 Å². The molecule has 0 spiro atoms. The van der Waals surface area contributed by atoms with Crippen LogP contribution < -0.4 is 15.2 Å². The standard InChI is InChI=1S/C20H24FN5O4S/c1-29-10-14-9-26-19(30-14)17(8-23-26)31(22,28)25-20(27)24-18-15-4-2-3-11(15)5-12-6-13(21)7-16(12)18/h5,8,13-14H,2-4,6-7,9-10H2,1H3,(H3,22,24,25,27,28)/t13-,14-,31?/m1/s1. The lowest BCUT2D eigenvalue weighted by Gasteiger charge is -2.15. The van der Waals surface area contributed by atoms with E-state index < -0.39 is 22.1 Å². The summed E-state index contributed by atoms with van der Waals surface area (Å²) >= 11 is 0. The Bertz CT molecular complexity index is 1190. The van der Waals surface area contributed by atoms with Crippen LogP contribution in [0.15, 0.2) is 21.5 Å². The van der Waals surface area contributed by atoms with Gasteiger partial charge in [0.05, 0.1) is 19.3 Å². The summed E-state index contributed by atoms with van der Waals surface area (Å²) < 4.78 is 43.3. The number of fused-ring (bicyclic) bond motifs is 3. The van der Waals surface area contributed by atoms with Gasteiger partial charge in [-0.3, -0.25) is 0 Å². The average molecular weight is 450 g/mol. The van der Waals surface area contributed by atoms with Crippen LogP contribution in [0.4, 0.5) is 14.9 Å². The number of urea groups is 1. The van der Waals surface area contributed by atoms with Crippen molar-refractivity contribution < 1.29 is 22.9 Å². The molecule has 3 atom stereocenters. The van der Waals surface area contributed by atoms with E-state index in [1.165, 1.54) is 10.9 Å². The van der Waals surface area contributed by atoms with Crippen LogP contribution in [0.25, 0.3) is 0 Å². The number of anilines is 1. The maximum atomic E-state index is 14.1. The van der Waals surface area contributed by atoms with Crippen molar-refractivity contribution in [3.8, 4) is 5.88 Å². The second-order valence-corrected chi connectivity index (χ2v) is 9.93. The van der Waals surface area contributed by atoms with Gasteiger partial charge >= 0.3 is 6.03 Å². The lowest BCUT2D eigenvalue weighted by molar-refractivity contribution is 0.0920. The Morgan fingerprint density at radius 3 is 3.06 bits per heavy atom. The number of benzene rings is 1. The number of ether oxygens (including phenoxy) is 2. The van der Waals surface area contributed by atoms with Crippen LogP contribution in [0.5, 0.6) is 5.88 Å². The molecule has 1 aliphatic heterocycles. The monoisotopic (exact) mass is 449 g/mol. The van der Waals surface area contributed by atoms with Gasteiger partial charge in [-0.05, 0) is 41.5 Å². The van der Waals surface area contributed by atoms with Gasteiger partial charge in [0.15, 0.2) is 9.92 Å². The minimum Gasteiger partial charge on any atom is -0.469 e. The summed E-state index contributed by atoms with van der Waals surface area (Å²) in [6.45, 7) is 0.767. The Labute approximate surface area is 179 Å². The minimum absolute atomic E-state index is 0.0635. The third kappa shape index (κ3) is 3.60. The van der Waals surface area contributed by atoms with Gasteiger partial charge in [0.1, 0.15) is 17.2 Å². The molecule has 3 aliphatic rings. The van der Waals surface area contributed by atoms with Gasteiger partial charge in [-0.2, -0.15) is 5.10 Å². The van der Waals surface area contributed by atoms with Crippen molar-refractivity contribution in [2.75, 3.05) is 19.0 Å². The van der Waals surface area contributed by atoms with Gasteiger partial charge in [0.2, 0.25) is 5.88 Å². The Balaban J connectivity index is 1.44. The molecule has 166 valence electrons. The van der Waals surface area contributed by atoms with Crippen LogP contribution >= 0.6 is 0 Å². The molecule has 2 aromatic rings. The van der Waals surface area contributed by atoms with Crippen LogP contribution in [0.1, 0.15) is 28.7 Å². The number of methoxy groups -OCH3 is 1. The molecule has 9 nitrogen and oxygen atoms in total. The van der Waals surface area contributed by atoms with E-state index in [0.29, 0.717) is 25.3 Å². The van der Waals surface area contributed by atoms with Gasteiger partial charge in [-0.25, -0.2) is 23.2 Å². The summed E-state index contributed by atoms with van der Waals surface area (Å²) in [5, 5.41) is 12.8. The molecule has 0 saturated heterocycles. The Hall–Kier alpha value is -2.50. The van der Waals surface area contributed by atoms with Crippen molar-refractivity contribution in [3.05, 3.63) is 34.5 Å². The van der Waals surface area contributed by atoms with Gasteiger partial charge in [0, 0.05) is 25.6 Å². The first kappa shape index (κ1) is 20.4. The summed E-state index contributed by atoms with van der Waals surface area (Å²) in [4.78, 5) is 12.8. The highest BCUT2D eigenvalue weighted by Gasteiger charge is 2.32. The molecule has 0 fully saturated rings. The zero-order valence-corrected chi connectivity index (χ0v) is 17.9. The maximum Gasteiger partial charge on any atom is 0.354 e. The van der Waals surface area contributed by atoms with Crippen molar-refractivity contribution in [1.29, 1.82) is 0 Å². The van der Waals surface area contributed by atoms with E-state index in [2.05, 4.69) is 20.8 Å². The fourth-order valence-electron chi connectivity index (χ4n) is 4.72. The molecular formula is C20H24FN5O4S. The number of carbonyl (C=O) groups excluding carboxylic acids is 1. The number of hydrogen-bond acceptors (Lipinski definition) is 5. The van der Waals surface area contributed by atoms with E-state index in [9.17, 15) is 13.4 Å². The van der Waals surface area contributed by atoms with Crippen molar-refractivity contribution in [1.82, 2.24) is 9.78 Å². The van der Waals surface area contributed by atoms with E-state index >= 15 is 0 Å². The molecule has 11 heteroatoms. The fourth-order valence-corrected chi connectivity index (χ4v) is 5.71. The summed E-state index contributed by atoms with van der Waals surface area (Å²) in [6.07, 6.45) is 3.35. The third-order valence-electron chi connectivity index (χ3n) is 6.00. The van der Waals surface area contributed by atoms with Crippen LogP contribution in [0.2, 0.25) is 0 Å². The largest absolute Gasteiger partial charge is 0.469 e. The number of nitrogens with two attached hydrogens (primary N) is 1. The molecule has 1 aromatic carbocycles. The van der Waals surface area contributed by atoms with E-state index in [1.54, 1.807) is 7.11 Å². The van der Waals surface area contributed by atoms with Crippen molar-refractivity contribution >= 4 is 21.6 Å². The van der Waals surface area contributed by atoms with Gasteiger partial charge in [-0.15, -0.1) is 4.36 Å². The number of nitrogens with zero attached hydrogens (tertiary/aromatic N) is 3. The number of alkyl halides is 1. The highest BCUT2D eigenvalue weighted by atomic mass is 32.2. The third-order valence-corrected chi connectivity index (χ3v) is 7.35. The minimum atomic E-state index is -3.60.